The van der Waals surface area contributed by atoms with Crippen LogP contribution in [0, 0.1) is 13.8 Å². The Morgan fingerprint density at radius 1 is 1.17 bits per heavy atom. The second-order valence-electron chi connectivity index (χ2n) is 5.22. The lowest BCUT2D eigenvalue weighted by Gasteiger charge is -2.07. The molecule has 2 aromatic heterocycles. The first-order valence-electron chi connectivity index (χ1n) is 6.91. The fourth-order valence-corrected chi connectivity index (χ4v) is 2.47. The van der Waals surface area contributed by atoms with Crippen molar-refractivity contribution in [3.63, 3.8) is 0 Å². The van der Waals surface area contributed by atoms with E-state index in [-0.39, 0.29) is 16.6 Å². The van der Waals surface area contributed by atoms with E-state index in [9.17, 15) is 22.8 Å². The van der Waals surface area contributed by atoms with Crippen LogP contribution in [-0.4, -0.2) is 15.5 Å². The number of nitrogens with zero attached hydrogens (tertiary/aromatic N) is 2. The molecule has 0 fully saturated rings. The van der Waals surface area contributed by atoms with Gasteiger partial charge in [-0.1, -0.05) is 18.2 Å². The summed E-state index contributed by atoms with van der Waals surface area (Å²) >= 11 is 0. The number of benzene rings is 1. The molecule has 0 aliphatic carbocycles. The van der Waals surface area contributed by atoms with Gasteiger partial charge in [0, 0.05) is 11.3 Å². The molecular formula is C16H11F3N2O3. The maximum atomic E-state index is 12.9. The Hall–Kier alpha value is -2.90. The van der Waals surface area contributed by atoms with Crippen LogP contribution in [0.25, 0.3) is 11.0 Å². The summed E-state index contributed by atoms with van der Waals surface area (Å²) in [6.45, 7) is 3.06. The zero-order chi connectivity index (χ0) is 17.6. The van der Waals surface area contributed by atoms with Gasteiger partial charge in [-0.2, -0.15) is 18.2 Å². The Morgan fingerprint density at radius 3 is 2.38 bits per heavy atom. The van der Waals surface area contributed by atoms with E-state index in [0.717, 1.165) is 4.57 Å². The third-order valence-corrected chi connectivity index (χ3v) is 3.76. The summed E-state index contributed by atoms with van der Waals surface area (Å²) in [6, 6.07) is 8.02. The van der Waals surface area contributed by atoms with Crippen LogP contribution in [0.15, 0.2) is 39.5 Å². The first-order valence-corrected chi connectivity index (χ1v) is 6.91. The molecule has 0 aliphatic rings. The van der Waals surface area contributed by atoms with Crippen LogP contribution in [0.5, 0.6) is 0 Å². The van der Waals surface area contributed by atoms with Crippen molar-refractivity contribution in [2.75, 3.05) is 0 Å². The maximum absolute atomic E-state index is 12.9. The third-order valence-electron chi connectivity index (χ3n) is 3.76. The largest absolute Gasteiger partial charge is 0.469 e. The summed E-state index contributed by atoms with van der Waals surface area (Å²) in [5, 5.41) is -0.134. The molecule has 3 rings (SSSR count). The zero-order valence-corrected chi connectivity index (χ0v) is 12.6. The highest BCUT2D eigenvalue weighted by atomic mass is 19.4. The lowest BCUT2D eigenvalue weighted by molar-refractivity contribution is -0.158. The molecule has 0 bridgehead atoms. The third kappa shape index (κ3) is 2.40. The van der Waals surface area contributed by atoms with E-state index in [4.69, 9.17) is 0 Å². The Morgan fingerprint density at radius 2 is 1.79 bits per heavy atom. The highest BCUT2D eigenvalue weighted by Gasteiger charge is 2.38. The molecule has 0 spiro atoms. The Balaban J connectivity index is 2.36. The van der Waals surface area contributed by atoms with E-state index in [0.29, 0.717) is 11.3 Å². The van der Waals surface area contributed by atoms with Gasteiger partial charge in [0.25, 0.3) is 5.91 Å². The van der Waals surface area contributed by atoms with Crippen LogP contribution in [0.3, 0.4) is 0 Å². The van der Waals surface area contributed by atoms with Gasteiger partial charge in [0.15, 0.2) is 5.65 Å². The minimum absolute atomic E-state index is 0.134. The standard InChI is InChI=1S/C16H11F3N2O3/c1-8-9(2)21(13(22)10-6-4-3-5-7-10)12-11(8)14(23)24-15(20-12)16(17,18)19/h3-7H,1-2H3. The van der Waals surface area contributed by atoms with Gasteiger partial charge in [0.1, 0.15) is 5.39 Å². The molecule has 0 saturated heterocycles. The average molecular weight is 336 g/mol. The average Bonchev–Trinajstić information content (AvgIpc) is 2.78. The molecule has 0 radical (unpaired) electrons. The van der Waals surface area contributed by atoms with Gasteiger partial charge in [-0.15, -0.1) is 0 Å². The maximum Gasteiger partial charge on any atom is 0.469 e. The molecule has 8 heteroatoms. The Kier molecular flexibility index (Phi) is 3.55. The fourth-order valence-electron chi connectivity index (χ4n) is 2.47. The zero-order valence-electron chi connectivity index (χ0n) is 12.6. The van der Waals surface area contributed by atoms with Gasteiger partial charge in [0.2, 0.25) is 0 Å². The Labute approximate surface area is 133 Å². The number of fused-ring (bicyclic) bond motifs is 1. The number of alkyl halides is 3. The van der Waals surface area contributed by atoms with Gasteiger partial charge >= 0.3 is 17.7 Å². The van der Waals surface area contributed by atoms with Crippen LogP contribution in [-0.2, 0) is 6.18 Å². The highest BCUT2D eigenvalue weighted by Crippen LogP contribution is 2.30. The second kappa shape index (κ2) is 5.33. The van der Waals surface area contributed by atoms with E-state index in [1.807, 2.05) is 0 Å². The number of rotatable bonds is 1. The smallest absolute Gasteiger partial charge is 0.398 e. The molecule has 1 aromatic carbocycles. The number of carbonyl (C=O) groups excluding carboxylic acids is 1. The normalized spacial score (nSPS) is 11.9. The van der Waals surface area contributed by atoms with Crippen molar-refractivity contribution in [2.45, 2.75) is 20.0 Å². The molecule has 5 nitrogen and oxygen atoms in total. The van der Waals surface area contributed by atoms with E-state index in [2.05, 4.69) is 9.40 Å². The summed E-state index contributed by atoms with van der Waals surface area (Å²) in [4.78, 5) is 28.0. The van der Waals surface area contributed by atoms with Gasteiger partial charge < -0.3 is 4.42 Å². The van der Waals surface area contributed by atoms with Gasteiger partial charge in [0.05, 0.1) is 0 Å². The predicted molar refractivity (Wildman–Crippen MR) is 78.9 cm³/mol. The number of halogens is 3. The lowest BCUT2D eigenvalue weighted by atomic mass is 10.2. The molecule has 0 unspecified atom stereocenters. The Bertz CT molecular complexity index is 1000. The van der Waals surface area contributed by atoms with Crippen molar-refractivity contribution in [1.29, 1.82) is 0 Å². The topological polar surface area (TPSA) is 65.1 Å². The van der Waals surface area contributed by atoms with Crippen molar-refractivity contribution in [3.05, 3.63) is 63.5 Å². The van der Waals surface area contributed by atoms with Crippen LogP contribution in [0.1, 0.15) is 27.5 Å². The molecule has 0 aliphatic heterocycles. The lowest BCUT2D eigenvalue weighted by Crippen LogP contribution is -2.18. The number of carbonyl (C=O) groups is 1. The van der Waals surface area contributed by atoms with E-state index < -0.39 is 23.6 Å². The summed E-state index contributed by atoms with van der Waals surface area (Å²) in [7, 11) is 0. The molecule has 2 heterocycles. The van der Waals surface area contributed by atoms with Crippen molar-refractivity contribution in [2.24, 2.45) is 0 Å². The first-order chi connectivity index (χ1) is 11.2. The molecule has 3 aromatic rings. The molecule has 0 amide bonds. The van der Waals surface area contributed by atoms with Gasteiger partial charge in [-0.05, 0) is 31.5 Å². The van der Waals surface area contributed by atoms with E-state index >= 15 is 0 Å². The number of aromatic nitrogens is 2. The number of aryl methyl sites for hydroxylation is 1. The molecule has 0 N–H and O–H groups in total. The van der Waals surface area contributed by atoms with Crippen LogP contribution in [0.4, 0.5) is 13.2 Å². The van der Waals surface area contributed by atoms with Crippen molar-refractivity contribution >= 4 is 16.9 Å². The van der Waals surface area contributed by atoms with Gasteiger partial charge in [-0.3, -0.25) is 9.36 Å². The van der Waals surface area contributed by atoms with Crippen molar-refractivity contribution in [1.82, 2.24) is 9.55 Å². The SMILES string of the molecule is Cc1c(C)n(C(=O)c2ccccc2)c2nc(C(F)(F)F)oc(=O)c12. The van der Waals surface area contributed by atoms with Crippen LogP contribution < -0.4 is 5.63 Å². The quantitative estimate of drug-likeness (QED) is 0.684. The predicted octanol–water partition coefficient (Wildman–Crippen LogP) is 3.31. The summed E-state index contributed by atoms with van der Waals surface area (Å²) in [5.74, 6) is -2.25. The van der Waals surface area contributed by atoms with E-state index in [1.54, 1.807) is 18.2 Å². The number of hydrogen-bond acceptors (Lipinski definition) is 4. The summed E-state index contributed by atoms with van der Waals surface area (Å²) in [5.41, 5.74) is -0.585. The van der Waals surface area contributed by atoms with Crippen LogP contribution >= 0.6 is 0 Å². The summed E-state index contributed by atoms with van der Waals surface area (Å²) < 4.78 is 43.9. The minimum atomic E-state index is -4.93. The van der Waals surface area contributed by atoms with Crippen molar-refractivity contribution < 1.29 is 22.4 Å². The molecule has 124 valence electrons. The molecule has 0 atom stereocenters. The molecule has 0 saturated carbocycles. The van der Waals surface area contributed by atoms with Gasteiger partial charge in [-0.25, -0.2) is 4.79 Å². The summed E-state index contributed by atoms with van der Waals surface area (Å²) in [6.07, 6.45) is -4.93. The fraction of sp³-hybridized carbons (Fsp3) is 0.188. The monoisotopic (exact) mass is 336 g/mol. The molecular weight excluding hydrogens is 325 g/mol. The van der Waals surface area contributed by atoms with E-state index in [1.165, 1.54) is 26.0 Å². The second-order valence-corrected chi connectivity index (χ2v) is 5.22. The molecule has 24 heavy (non-hydrogen) atoms. The van der Waals surface area contributed by atoms with Crippen molar-refractivity contribution in [3.8, 4) is 0 Å². The van der Waals surface area contributed by atoms with Crippen LogP contribution in [0.2, 0.25) is 0 Å². The first kappa shape index (κ1) is 16.0. The minimum Gasteiger partial charge on any atom is -0.398 e. The number of hydrogen-bond donors (Lipinski definition) is 0. The highest BCUT2D eigenvalue weighted by molar-refractivity contribution is 6.02.